The van der Waals surface area contributed by atoms with E-state index in [0.29, 0.717) is 0 Å². The van der Waals surface area contributed by atoms with Crippen LogP contribution >= 0.6 is 0 Å². The third kappa shape index (κ3) is 2.28. The van der Waals surface area contributed by atoms with Gasteiger partial charge in [-0.25, -0.2) is 0 Å². The van der Waals surface area contributed by atoms with Crippen molar-refractivity contribution in [1.29, 1.82) is 0 Å². The second-order valence-corrected chi connectivity index (χ2v) is 1.88. The van der Waals surface area contributed by atoms with Crippen LogP contribution < -0.4 is 0 Å². The number of ether oxygens (including phenoxy) is 2. The summed E-state index contributed by atoms with van der Waals surface area (Å²) in [5.41, 5.74) is 0. The third-order valence-electron chi connectivity index (χ3n) is 1.40. The molecule has 0 aromatic carbocycles. The average molecular weight is 118 g/mol. The Kier molecular flexibility index (Phi) is 3.83. The Labute approximate surface area is 50.8 Å². The minimum Gasteiger partial charge on any atom is -0.379 e. The van der Waals surface area contributed by atoms with Crippen LogP contribution in [0.15, 0.2) is 0 Å². The number of hydrogen-bond donors (Lipinski definition) is 0. The molecule has 0 aromatic rings. The first-order chi connectivity index (χ1) is 3.72. The SMILES string of the molecule is COC(C)C(C)OC. The molecular formula is C6H14O2. The molecule has 0 aliphatic carbocycles. The van der Waals surface area contributed by atoms with Gasteiger partial charge < -0.3 is 9.47 Å². The van der Waals surface area contributed by atoms with Gasteiger partial charge >= 0.3 is 0 Å². The molecule has 2 atom stereocenters. The molecule has 0 saturated carbocycles. The first-order valence-corrected chi connectivity index (χ1v) is 2.78. The maximum absolute atomic E-state index is 4.98. The molecule has 0 aliphatic rings. The third-order valence-corrected chi connectivity index (χ3v) is 1.40. The highest BCUT2D eigenvalue weighted by Crippen LogP contribution is 1.98. The van der Waals surface area contributed by atoms with E-state index in [-0.39, 0.29) is 12.2 Å². The monoisotopic (exact) mass is 118 g/mol. The summed E-state index contributed by atoms with van der Waals surface area (Å²) >= 11 is 0. The highest BCUT2D eigenvalue weighted by Gasteiger charge is 2.07. The fraction of sp³-hybridized carbons (Fsp3) is 1.00. The van der Waals surface area contributed by atoms with Crippen molar-refractivity contribution in [2.45, 2.75) is 26.1 Å². The molecule has 0 spiro atoms. The van der Waals surface area contributed by atoms with Crippen molar-refractivity contribution >= 4 is 0 Å². The van der Waals surface area contributed by atoms with Gasteiger partial charge in [0.25, 0.3) is 0 Å². The standard InChI is InChI=1S/C6H14O2/c1-5(7-3)6(2)8-4/h5-6H,1-4H3. The zero-order chi connectivity index (χ0) is 6.57. The van der Waals surface area contributed by atoms with Crippen LogP contribution in [-0.4, -0.2) is 26.4 Å². The Bertz CT molecular complexity index is 46.5. The number of hydrogen-bond acceptors (Lipinski definition) is 2. The van der Waals surface area contributed by atoms with Crippen LogP contribution in [0, 0.1) is 0 Å². The van der Waals surface area contributed by atoms with Crippen molar-refractivity contribution in [3.05, 3.63) is 0 Å². The minimum absolute atomic E-state index is 0.194. The molecule has 2 nitrogen and oxygen atoms in total. The summed E-state index contributed by atoms with van der Waals surface area (Å²) in [4.78, 5) is 0. The molecule has 0 heterocycles. The largest absolute Gasteiger partial charge is 0.379 e. The van der Waals surface area contributed by atoms with E-state index in [1.165, 1.54) is 0 Å². The van der Waals surface area contributed by atoms with E-state index in [1.807, 2.05) is 13.8 Å². The van der Waals surface area contributed by atoms with Gasteiger partial charge in [-0.05, 0) is 13.8 Å². The fourth-order valence-electron chi connectivity index (χ4n) is 0.383. The van der Waals surface area contributed by atoms with Gasteiger partial charge in [0.15, 0.2) is 0 Å². The highest BCUT2D eigenvalue weighted by atomic mass is 16.5. The fourth-order valence-corrected chi connectivity index (χ4v) is 0.383. The second kappa shape index (κ2) is 3.87. The van der Waals surface area contributed by atoms with Crippen molar-refractivity contribution < 1.29 is 9.47 Å². The van der Waals surface area contributed by atoms with Gasteiger partial charge in [0.2, 0.25) is 0 Å². The van der Waals surface area contributed by atoms with E-state index in [2.05, 4.69) is 0 Å². The molecule has 2 unspecified atom stereocenters. The lowest BCUT2D eigenvalue weighted by Gasteiger charge is -2.15. The number of methoxy groups -OCH3 is 2. The van der Waals surface area contributed by atoms with E-state index in [0.717, 1.165) is 0 Å². The summed E-state index contributed by atoms with van der Waals surface area (Å²) in [5, 5.41) is 0. The maximum atomic E-state index is 4.98. The van der Waals surface area contributed by atoms with Gasteiger partial charge in [-0.2, -0.15) is 0 Å². The van der Waals surface area contributed by atoms with Gasteiger partial charge in [0, 0.05) is 14.2 Å². The highest BCUT2D eigenvalue weighted by molar-refractivity contribution is 4.56. The van der Waals surface area contributed by atoms with Crippen LogP contribution in [0.4, 0.5) is 0 Å². The summed E-state index contributed by atoms with van der Waals surface area (Å²) in [5.74, 6) is 0. The topological polar surface area (TPSA) is 18.5 Å². The predicted octanol–water partition coefficient (Wildman–Crippen LogP) is 1.06. The predicted molar refractivity (Wildman–Crippen MR) is 32.9 cm³/mol. The molecule has 8 heavy (non-hydrogen) atoms. The summed E-state index contributed by atoms with van der Waals surface area (Å²) in [7, 11) is 3.36. The summed E-state index contributed by atoms with van der Waals surface area (Å²) in [6.07, 6.45) is 0.389. The summed E-state index contributed by atoms with van der Waals surface area (Å²) < 4.78 is 9.96. The Hall–Kier alpha value is -0.0800. The van der Waals surface area contributed by atoms with Crippen molar-refractivity contribution in [3.63, 3.8) is 0 Å². The molecule has 0 radical (unpaired) electrons. The van der Waals surface area contributed by atoms with Crippen molar-refractivity contribution in [3.8, 4) is 0 Å². The van der Waals surface area contributed by atoms with Crippen molar-refractivity contribution in [2.75, 3.05) is 14.2 Å². The van der Waals surface area contributed by atoms with Crippen LogP contribution in [0.2, 0.25) is 0 Å². The van der Waals surface area contributed by atoms with Gasteiger partial charge in [0.1, 0.15) is 0 Å². The lowest BCUT2D eigenvalue weighted by molar-refractivity contribution is -0.0157. The molecule has 0 aliphatic heterocycles. The van der Waals surface area contributed by atoms with Crippen molar-refractivity contribution in [1.82, 2.24) is 0 Å². The Morgan fingerprint density at radius 1 is 0.875 bits per heavy atom. The molecule has 0 saturated heterocycles. The Morgan fingerprint density at radius 3 is 1.25 bits per heavy atom. The van der Waals surface area contributed by atoms with Crippen molar-refractivity contribution in [2.24, 2.45) is 0 Å². The first kappa shape index (κ1) is 7.92. The molecule has 50 valence electrons. The smallest absolute Gasteiger partial charge is 0.0801 e. The van der Waals surface area contributed by atoms with Gasteiger partial charge in [-0.3, -0.25) is 0 Å². The maximum Gasteiger partial charge on any atom is 0.0801 e. The molecule has 0 N–H and O–H groups in total. The van der Waals surface area contributed by atoms with Crippen LogP contribution in [0.1, 0.15) is 13.8 Å². The first-order valence-electron chi connectivity index (χ1n) is 2.78. The van der Waals surface area contributed by atoms with E-state index in [4.69, 9.17) is 9.47 Å². The van der Waals surface area contributed by atoms with E-state index < -0.39 is 0 Å². The summed E-state index contributed by atoms with van der Waals surface area (Å²) in [6, 6.07) is 0. The lowest BCUT2D eigenvalue weighted by atomic mass is 10.3. The molecule has 2 heteroatoms. The quantitative estimate of drug-likeness (QED) is 0.551. The number of rotatable bonds is 3. The van der Waals surface area contributed by atoms with Gasteiger partial charge in [-0.1, -0.05) is 0 Å². The van der Waals surface area contributed by atoms with Gasteiger partial charge in [-0.15, -0.1) is 0 Å². The Balaban J connectivity index is 3.29. The molecule has 0 rings (SSSR count). The zero-order valence-corrected chi connectivity index (χ0v) is 5.97. The normalized spacial score (nSPS) is 18.0. The van der Waals surface area contributed by atoms with Gasteiger partial charge in [0.05, 0.1) is 12.2 Å². The minimum atomic E-state index is 0.194. The van der Waals surface area contributed by atoms with E-state index in [9.17, 15) is 0 Å². The molecule has 0 aromatic heterocycles. The molecule has 0 bridgehead atoms. The van der Waals surface area contributed by atoms with Crippen LogP contribution in [0.3, 0.4) is 0 Å². The average Bonchev–Trinajstić information content (AvgIpc) is 1.84. The van der Waals surface area contributed by atoms with Crippen LogP contribution in [0.25, 0.3) is 0 Å². The molecule has 0 amide bonds. The molecule has 0 fully saturated rings. The second-order valence-electron chi connectivity index (χ2n) is 1.88. The van der Waals surface area contributed by atoms with E-state index in [1.54, 1.807) is 14.2 Å². The Morgan fingerprint density at radius 2 is 1.12 bits per heavy atom. The zero-order valence-electron chi connectivity index (χ0n) is 5.97. The lowest BCUT2D eigenvalue weighted by Crippen LogP contribution is -2.23. The molecular weight excluding hydrogens is 104 g/mol. The summed E-state index contributed by atoms with van der Waals surface area (Å²) in [6.45, 7) is 3.96. The van der Waals surface area contributed by atoms with Crippen LogP contribution in [-0.2, 0) is 9.47 Å². The van der Waals surface area contributed by atoms with Crippen LogP contribution in [0.5, 0.6) is 0 Å². The van der Waals surface area contributed by atoms with E-state index >= 15 is 0 Å².